The molecular weight excluding hydrogens is 243 g/mol. The minimum atomic E-state index is -3.34. The van der Waals surface area contributed by atoms with Gasteiger partial charge in [-0.25, -0.2) is 8.42 Å². The quantitative estimate of drug-likeness (QED) is 0.624. The number of hydrogen-bond donors (Lipinski definition) is 0. The van der Waals surface area contributed by atoms with E-state index in [9.17, 15) is 8.42 Å². The number of rotatable bonds is 1. The van der Waals surface area contributed by atoms with Gasteiger partial charge in [-0.15, -0.1) is 0 Å². The van der Waals surface area contributed by atoms with Gasteiger partial charge in [0.15, 0.2) is 0 Å². The molecule has 4 heteroatoms. The highest BCUT2D eigenvalue weighted by molar-refractivity contribution is 7.92. The van der Waals surface area contributed by atoms with Crippen molar-refractivity contribution in [2.75, 3.05) is 0 Å². The molecule has 18 heavy (non-hydrogen) atoms. The van der Waals surface area contributed by atoms with Gasteiger partial charge in [0.1, 0.15) is 7.28 Å². The van der Waals surface area contributed by atoms with E-state index in [1.165, 1.54) is 0 Å². The fraction of sp³-hybridized carbons (Fsp3) is 0.143. The third-order valence-electron chi connectivity index (χ3n) is 3.35. The van der Waals surface area contributed by atoms with Crippen LogP contribution in [0, 0.1) is 6.92 Å². The minimum Gasteiger partial charge on any atom is -0.218 e. The van der Waals surface area contributed by atoms with Crippen molar-refractivity contribution in [3.63, 3.8) is 0 Å². The van der Waals surface area contributed by atoms with E-state index in [1.807, 2.05) is 45.3 Å². The molecule has 0 atom stereocenters. The van der Waals surface area contributed by atoms with Crippen LogP contribution in [0.1, 0.15) is 5.56 Å². The van der Waals surface area contributed by atoms with Crippen LogP contribution in [0.2, 0.25) is 6.82 Å². The topological polar surface area (TPSA) is 34.1 Å². The summed E-state index contributed by atoms with van der Waals surface area (Å²) in [4.78, 5) is 0.865. The molecule has 0 spiro atoms. The molecule has 1 radical (unpaired) electrons. The van der Waals surface area contributed by atoms with Crippen molar-refractivity contribution >= 4 is 22.6 Å². The van der Waals surface area contributed by atoms with Crippen LogP contribution in [-0.4, -0.2) is 15.7 Å². The summed E-state index contributed by atoms with van der Waals surface area (Å²) in [5.74, 6) is 0. The fourth-order valence-corrected chi connectivity index (χ4v) is 4.16. The van der Waals surface area contributed by atoms with Crippen LogP contribution in [0.4, 0.5) is 0 Å². The van der Waals surface area contributed by atoms with Crippen molar-refractivity contribution in [2.45, 2.75) is 23.5 Å². The van der Waals surface area contributed by atoms with Crippen LogP contribution in [0.3, 0.4) is 0 Å². The maximum atomic E-state index is 12.5. The molecule has 3 rings (SSSR count). The lowest BCUT2D eigenvalue weighted by atomic mass is 9.73. The van der Waals surface area contributed by atoms with Crippen LogP contribution in [-0.2, 0) is 9.84 Å². The highest BCUT2D eigenvalue weighted by Crippen LogP contribution is 2.42. The first kappa shape index (κ1) is 11.5. The van der Waals surface area contributed by atoms with Crippen LogP contribution in [0.5, 0.6) is 0 Å². The highest BCUT2D eigenvalue weighted by atomic mass is 32.2. The highest BCUT2D eigenvalue weighted by Gasteiger charge is 2.32. The molecule has 2 aromatic carbocycles. The van der Waals surface area contributed by atoms with Gasteiger partial charge >= 0.3 is 0 Å². The van der Waals surface area contributed by atoms with Gasteiger partial charge in [0.25, 0.3) is 0 Å². The largest absolute Gasteiger partial charge is 0.218 e. The van der Waals surface area contributed by atoms with E-state index in [0.717, 1.165) is 22.2 Å². The maximum absolute atomic E-state index is 12.5. The van der Waals surface area contributed by atoms with E-state index in [1.54, 1.807) is 12.1 Å². The number of benzene rings is 2. The molecule has 0 saturated heterocycles. The molecule has 0 amide bonds. The van der Waals surface area contributed by atoms with Gasteiger partial charge in [0.05, 0.1) is 9.79 Å². The number of sulfone groups is 1. The van der Waals surface area contributed by atoms with E-state index in [2.05, 4.69) is 0 Å². The van der Waals surface area contributed by atoms with Crippen molar-refractivity contribution in [1.29, 1.82) is 0 Å². The molecule has 1 aliphatic heterocycles. The average molecular weight is 255 g/mol. The van der Waals surface area contributed by atoms with Crippen molar-refractivity contribution in [2.24, 2.45) is 0 Å². The van der Waals surface area contributed by atoms with Crippen LogP contribution < -0.4 is 5.46 Å². The lowest BCUT2D eigenvalue weighted by Gasteiger charge is -2.01. The number of hydrogen-bond acceptors (Lipinski definition) is 2. The maximum Gasteiger partial charge on any atom is 0.207 e. The molecule has 0 unspecified atom stereocenters. The standard InChI is InChI=1S/C14H12BO2S/c1-9-3-5-11-12-6-4-10(15-2)8-14(12)18(16,17)13(11)7-9/h3-8H,1-2H3. The molecule has 0 aliphatic carbocycles. The second kappa shape index (κ2) is 3.72. The zero-order valence-corrected chi connectivity index (χ0v) is 11.1. The Bertz CT molecular complexity index is 748. The van der Waals surface area contributed by atoms with Gasteiger partial charge in [-0.3, -0.25) is 0 Å². The smallest absolute Gasteiger partial charge is 0.207 e. The molecule has 0 saturated carbocycles. The fourth-order valence-electron chi connectivity index (χ4n) is 2.36. The van der Waals surface area contributed by atoms with Gasteiger partial charge in [-0.1, -0.05) is 36.6 Å². The summed E-state index contributed by atoms with van der Waals surface area (Å²) in [5.41, 5.74) is 3.53. The van der Waals surface area contributed by atoms with E-state index in [-0.39, 0.29) is 0 Å². The Morgan fingerprint density at radius 1 is 0.944 bits per heavy atom. The average Bonchev–Trinajstić information content (AvgIpc) is 2.58. The summed E-state index contributed by atoms with van der Waals surface area (Å²) in [6.45, 7) is 3.81. The second-order valence-corrected chi connectivity index (χ2v) is 6.43. The molecule has 2 nitrogen and oxygen atoms in total. The van der Waals surface area contributed by atoms with E-state index in [0.29, 0.717) is 9.79 Å². The Hall–Kier alpha value is -1.55. The minimum absolute atomic E-state index is 0.429. The van der Waals surface area contributed by atoms with Gasteiger partial charge in [0, 0.05) is 11.1 Å². The summed E-state index contributed by atoms with van der Waals surface area (Å²) < 4.78 is 25.0. The summed E-state index contributed by atoms with van der Waals surface area (Å²) in [5, 5.41) is 0. The van der Waals surface area contributed by atoms with Crippen molar-refractivity contribution < 1.29 is 8.42 Å². The summed E-state index contributed by atoms with van der Waals surface area (Å²) >= 11 is 0. The monoisotopic (exact) mass is 255 g/mol. The van der Waals surface area contributed by atoms with E-state index in [4.69, 9.17) is 0 Å². The first-order valence-electron chi connectivity index (χ1n) is 5.83. The Labute approximate surface area is 108 Å². The Morgan fingerprint density at radius 2 is 1.56 bits per heavy atom. The van der Waals surface area contributed by atoms with Crippen molar-refractivity contribution in [3.8, 4) is 11.1 Å². The molecule has 0 N–H and O–H groups in total. The van der Waals surface area contributed by atoms with Crippen molar-refractivity contribution in [1.82, 2.24) is 0 Å². The zero-order valence-electron chi connectivity index (χ0n) is 10.3. The van der Waals surface area contributed by atoms with Crippen LogP contribution in [0.15, 0.2) is 46.2 Å². The van der Waals surface area contributed by atoms with E-state index < -0.39 is 9.84 Å². The predicted octanol–water partition coefficient (Wildman–Crippen LogP) is 2.19. The van der Waals surface area contributed by atoms with E-state index >= 15 is 0 Å². The first-order valence-corrected chi connectivity index (χ1v) is 7.32. The van der Waals surface area contributed by atoms with Crippen LogP contribution >= 0.6 is 0 Å². The Morgan fingerprint density at radius 3 is 2.22 bits per heavy atom. The van der Waals surface area contributed by atoms with Gasteiger partial charge in [0.2, 0.25) is 9.84 Å². The Kier molecular flexibility index (Phi) is 2.39. The molecule has 0 aromatic heterocycles. The second-order valence-electron chi connectivity index (χ2n) is 4.55. The summed E-state index contributed by atoms with van der Waals surface area (Å²) in [7, 11) is -1.43. The molecular formula is C14H12BO2S. The molecule has 89 valence electrons. The molecule has 1 aliphatic rings. The molecule has 2 aromatic rings. The van der Waals surface area contributed by atoms with Crippen molar-refractivity contribution in [3.05, 3.63) is 42.0 Å². The number of fused-ring (bicyclic) bond motifs is 3. The zero-order chi connectivity index (χ0) is 12.9. The third-order valence-corrected chi connectivity index (χ3v) is 5.18. The molecule has 1 heterocycles. The predicted molar refractivity (Wildman–Crippen MR) is 73.3 cm³/mol. The number of aryl methyl sites for hydroxylation is 1. The van der Waals surface area contributed by atoms with Gasteiger partial charge in [-0.2, -0.15) is 0 Å². The first-order chi connectivity index (χ1) is 8.54. The molecule has 0 bridgehead atoms. The lowest BCUT2D eigenvalue weighted by Crippen LogP contribution is -2.11. The Balaban J connectivity index is 2.38. The summed E-state index contributed by atoms with van der Waals surface area (Å²) in [6.07, 6.45) is 0. The summed E-state index contributed by atoms with van der Waals surface area (Å²) in [6, 6.07) is 11.2. The normalized spacial score (nSPS) is 15.0. The van der Waals surface area contributed by atoms with Gasteiger partial charge in [-0.05, 0) is 24.6 Å². The van der Waals surface area contributed by atoms with Gasteiger partial charge < -0.3 is 0 Å². The lowest BCUT2D eigenvalue weighted by molar-refractivity contribution is 0.598. The molecule has 0 fully saturated rings. The van der Waals surface area contributed by atoms with Crippen LogP contribution in [0.25, 0.3) is 11.1 Å². The SMILES string of the molecule is C[B]c1ccc2c(c1)S(=O)(=O)c1cc(C)ccc1-2. The third kappa shape index (κ3) is 1.45.